The normalized spacial score (nSPS) is 12.6. The van der Waals surface area contributed by atoms with E-state index < -0.39 is 29.2 Å². The van der Waals surface area contributed by atoms with Gasteiger partial charge in [0, 0.05) is 0 Å². The number of rotatable bonds is 5. The van der Waals surface area contributed by atoms with Crippen LogP contribution in [0.25, 0.3) is 10.4 Å². The number of halogens is 2. The third-order valence-electron chi connectivity index (χ3n) is 4.78. The van der Waals surface area contributed by atoms with Crippen molar-refractivity contribution in [2.45, 2.75) is 46.1 Å². The van der Waals surface area contributed by atoms with Crippen LogP contribution in [0.5, 0.6) is 5.75 Å². The van der Waals surface area contributed by atoms with Crippen molar-refractivity contribution in [1.29, 1.82) is 0 Å². The van der Waals surface area contributed by atoms with Gasteiger partial charge in [-0.1, -0.05) is 45.0 Å². The number of carbonyl (C=O) groups is 1. The minimum atomic E-state index is -1.19. The SMILES string of the molecule is Cc1nc(C(C)Oc2ccc(F)c(C(N)=O)c2F)sc1-c1ccc(C(C)(C)C)cc1. The molecular formula is C23H24F2N2O2S. The van der Waals surface area contributed by atoms with Gasteiger partial charge in [-0.3, -0.25) is 4.79 Å². The van der Waals surface area contributed by atoms with E-state index in [1.165, 1.54) is 16.9 Å². The number of aromatic nitrogens is 1. The first-order valence-electron chi connectivity index (χ1n) is 9.51. The summed E-state index contributed by atoms with van der Waals surface area (Å²) in [5, 5.41) is 0.645. The lowest BCUT2D eigenvalue weighted by molar-refractivity contribution is 0.0990. The molecule has 0 bridgehead atoms. The zero-order valence-corrected chi connectivity index (χ0v) is 18.4. The maximum absolute atomic E-state index is 14.5. The van der Waals surface area contributed by atoms with E-state index in [1.807, 2.05) is 6.92 Å². The smallest absolute Gasteiger partial charge is 0.254 e. The number of aryl methyl sites for hydroxylation is 1. The number of carbonyl (C=O) groups excluding carboxylic acids is 1. The zero-order chi connectivity index (χ0) is 22.2. The molecule has 158 valence electrons. The maximum atomic E-state index is 14.5. The molecule has 0 radical (unpaired) electrons. The monoisotopic (exact) mass is 430 g/mol. The Hall–Kier alpha value is -2.80. The number of nitrogens with zero attached hydrogens (tertiary/aromatic N) is 1. The zero-order valence-electron chi connectivity index (χ0n) is 17.5. The van der Waals surface area contributed by atoms with Crippen LogP contribution in [-0.4, -0.2) is 10.9 Å². The highest BCUT2D eigenvalue weighted by atomic mass is 32.1. The van der Waals surface area contributed by atoms with Crippen molar-refractivity contribution >= 4 is 17.2 Å². The quantitative estimate of drug-likeness (QED) is 0.545. The van der Waals surface area contributed by atoms with Crippen LogP contribution in [0.15, 0.2) is 36.4 Å². The highest BCUT2D eigenvalue weighted by molar-refractivity contribution is 7.15. The number of nitrogens with two attached hydrogens (primary N) is 1. The van der Waals surface area contributed by atoms with E-state index in [1.54, 1.807) is 6.92 Å². The Kier molecular flexibility index (Phi) is 5.94. The minimum absolute atomic E-state index is 0.0672. The lowest BCUT2D eigenvalue weighted by Gasteiger charge is -2.19. The molecule has 30 heavy (non-hydrogen) atoms. The van der Waals surface area contributed by atoms with Gasteiger partial charge in [0.05, 0.1) is 10.6 Å². The fourth-order valence-corrected chi connectivity index (χ4v) is 4.12. The largest absolute Gasteiger partial charge is 0.480 e. The fraction of sp³-hybridized carbons (Fsp3) is 0.304. The van der Waals surface area contributed by atoms with Gasteiger partial charge in [0.15, 0.2) is 11.6 Å². The molecule has 0 fully saturated rings. The molecule has 2 N–H and O–H groups in total. The predicted molar refractivity (Wildman–Crippen MR) is 115 cm³/mol. The number of amides is 1. The van der Waals surface area contributed by atoms with E-state index in [4.69, 9.17) is 10.5 Å². The van der Waals surface area contributed by atoms with Crippen molar-refractivity contribution in [2.24, 2.45) is 5.73 Å². The molecule has 0 aliphatic heterocycles. The van der Waals surface area contributed by atoms with Crippen molar-refractivity contribution in [2.75, 3.05) is 0 Å². The van der Waals surface area contributed by atoms with Crippen molar-refractivity contribution in [3.63, 3.8) is 0 Å². The van der Waals surface area contributed by atoms with Crippen molar-refractivity contribution in [3.8, 4) is 16.2 Å². The van der Waals surface area contributed by atoms with Gasteiger partial charge in [0.1, 0.15) is 22.5 Å². The molecule has 1 amide bonds. The molecule has 3 aromatic rings. The molecular weight excluding hydrogens is 406 g/mol. The molecule has 7 heteroatoms. The van der Waals surface area contributed by atoms with E-state index in [0.29, 0.717) is 5.01 Å². The average Bonchev–Trinajstić information content (AvgIpc) is 3.05. The van der Waals surface area contributed by atoms with Gasteiger partial charge in [-0.05, 0) is 42.5 Å². The lowest BCUT2D eigenvalue weighted by Crippen LogP contribution is -2.16. The van der Waals surface area contributed by atoms with E-state index >= 15 is 0 Å². The van der Waals surface area contributed by atoms with Crippen LogP contribution in [-0.2, 0) is 5.41 Å². The van der Waals surface area contributed by atoms with Gasteiger partial charge in [0.25, 0.3) is 5.91 Å². The first kappa shape index (κ1) is 21.9. The summed E-state index contributed by atoms with van der Waals surface area (Å²) in [6.07, 6.45) is -0.600. The van der Waals surface area contributed by atoms with Gasteiger partial charge in [-0.25, -0.2) is 13.8 Å². The highest BCUT2D eigenvalue weighted by Crippen LogP contribution is 2.36. The minimum Gasteiger partial charge on any atom is -0.480 e. The second-order valence-electron chi connectivity index (χ2n) is 8.15. The van der Waals surface area contributed by atoms with Gasteiger partial charge in [-0.2, -0.15) is 0 Å². The first-order chi connectivity index (χ1) is 14.0. The number of hydrogen-bond donors (Lipinski definition) is 1. The van der Waals surface area contributed by atoms with E-state index in [9.17, 15) is 13.6 Å². The molecule has 2 aromatic carbocycles. The standard InChI is InChI=1S/C23H24F2N2O2S/c1-12-20(14-6-8-15(9-7-14)23(3,4)5)30-22(27-12)13(2)29-17-11-10-16(24)18(19(17)25)21(26)28/h6-11,13H,1-5H3,(H2,26,28). The Morgan fingerprint density at radius 1 is 1.13 bits per heavy atom. The molecule has 0 saturated carbocycles. The third-order valence-corrected chi connectivity index (χ3v) is 6.15. The van der Waals surface area contributed by atoms with Crippen LogP contribution >= 0.6 is 11.3 Å². The van der Waals surface area contributed by atoms with Gasteiger partial charge in [-0.15, -0.1) is 11.3 Å². The van der Waals surface area contributed by atoms with E-state index in [2.05, 4.69) is 50.0 Å². The van der Waals surface area contributed by atoms with Crippen molar-refractivity contribution < 1.29 is 18.3 Å². The Balaban J connectivity index is 1.87. The van der Waals surface area contributed by atoms with Gasteiger partial charge in [0.2, 0.25) is 0 Å². The van der Waals surface area contributed by atoms with Gasteiger partial charge >= 0.3 is 0 Å². The molecule has 1 atom stereocenters. The Morgan fingerprint density at radius 2 is 1.77 bits per heavy atom. The first-order valence-corrected chi connectivity index (χ1v) is 10.3. The summed E-state index contributed by atoms with van der Waals surface area (Å²) in [4.78, 5) is 16.9. The van der Waals surface area contributed by atoms with Crippen LogP contribution in [0.1, 0.15) is 60.4 Å². The van der Waals surface area contributed by atoms with Crippen LogP contribution in [0.3, 0.4) is 0 Å². The number of primary amides is 1. The second-order valence-corrected chi connectivity index (χ2v) is 9.18. The number of benzene rings is 2. The topological polar surface area (TPSA) is 65.2 Å². The van der Waals surface area contributed by atoms with Crippen molar-refractivity contribution in [1.82, 2.24) is 4.98 Å². The average molecular weight is 431 g/mol. The van der Waals surface area contributed by atoms with Crippen molar-refractivity contribution in [3.05, 3.63) is 69.9 Å². The fourth-order valence-electron chi connectivity index (χ4n) is 3.07. The number of thiazole rings is 1. The summed E-state index contributed by atoms with van der Waals surface area (Å²) in [5.41, 5.74) is 7.44. The van der Waals surface area contributed by atoms with E-state index in [0.717, 1.165) is 28.3 Å². The van der Waals surface area contributed by atoms with E-state index in [-0.39, 0.29) is 11.2 Å². The highest BCUT2D eigenvalue weighted by Gasteiger charge is 2.23. The molecule has 1 aromatic heterocycles. The summed E-state index contributed by atoms with van der Waals surface area (Å²) in [6.45, 7) is 10.1. The Bertz CT molecular complexity index is 1090. The molecule has 4 nitrogen and oxygen atoms in total. The predicted octanol–water partition coefficient (Wildman–Crippen LogP) is 5.93. The summed E-state index contributed by atoms with van der Waals surface area (Å²) in [5.74, 6) is -3.57. The molecule has 1 unspecified atom stereocenters. The molecule has 0 aliphatic carbocycles. The molecule has 0 aliphatic rings. The van der Waals surface area contributed by atoms with Crippen LogP contribution in [0.2, 0.25) is 0 Å². The Labute approximate surface area is 178 Å². The van der Waals surface area contributed by atoms with Crippen LogP contribution in [0, 0.1) is 18.6 Å². The summed E-state index contributed by atoms with van der Waals surface area (Å²) >= 11 is 1.45. The second kappa shape index (κ2) is 8.14. The summed E-state index contributed by atoms with van der Waals surface area (Å²) in [7, 11) is 0. The molecule has 0 spiro atoms. The molecule has 0 saturated heterocycles. The van der Waals surface area contributed by atoms with Crippen LogP contribution in [0.4, 0.5) is 8.78 Å². The number of hydrogen-bond acceptors (Lipinski definition) is 4. The lowest BCUT2D eigenvalue weighted by atomic mass is 9.86. The number of ether oxygens (including phenoxy) is 1. The Morgan fingerprint density at radius 3 is 2.33 bits per heavy atom. The maximum Gasteiger partial charge on any atom is 0.254 e. The van der Waals surface area contributed by atoms with Gasteiger partial charge < -0.3 is 10.5 Å². The molecule has 1 heterocycles. The summed E-state index contributed by atoms with van der Waals surface area (Å²) in [6, 6.07) is 10.4. The van der Waals surface area contributed by atoms with Crippen LogP contribution < -0.4 is 10.5 Å². The molecule has 3 rings (SSSR count). The summed E-state index contributed by atoms with van der Waals surface area (Å²) < 4.78 is 33.8. The third kappa shape index (κ3) is 4.36.